The molecule has 1 rings (SSSR count). The summed E-state index contributed by atoms with van der Waals surface area (Å²) in [6, 6.07) is 5.64. The second-order valence-electron chi connectivity index (χ2n) is 4.06. The maximum Gasteiger partial charge on any atom is 0.143 e. The third-order valence-electron chi connectivity index (χ3n) is 2.24. The fourth-order valence-corrected chi connectivity index (χ4v) is 1.39. The Morgan fingerprint density at radius 2 is 2.29 bits per heavy atom. The van der Waals surface area contributed by atoms with Crippen molar-refractivity contribution in [2.24, 2.45) is 0 Å². The molecule has 17 heavy (non-hydrogen) atoms. The average molecular weight is 233 g/mol. The Morgan fingerprint density at radius 3 is 3.00 bits per heavy atom. The lowest BCUT2D eigenvalue weighted by atomic mass is 10.2. The highest BCUT2D eigenvalue weighted by Gasteiger charge is 2.00. The number of hydrogen-bond acceptors (Lipinski definition) is 4. The van der Waals surface area contributed by atoms with E-state index < -0.39 is 0 Å². The van der Waals surface area contributed by atoms with E-state index in [1.807, 2.05) is 13.8 Å². The molecule has 1 heterocycles. The van der Waals surface area contributed by atoms with Crippen molar-refractivity contribution in [2.45, 2.75) is 32.8 Å². The topological polar surface area (TPSA) is 57.9 Å². The van der Waals surface area contributed by atoms with Gasteiger partial charge in [0.25, 0.3) is 0 Å². The molecule has 0 bridgehead atoms. The summed E-state index contributed by atoms with van der Waals surface area (Å²) in [6.45, 7) is 5.66. The van der Waals surface area contributed by atoms with Crippen LogP contribution in [0.15, 0.2) is 18.3 Å². The molecule has 4 heteroatoms. The number of nitrogens with one attached hydrogen (secondary N) is 1. The van der Waals surface area contributed by atoms with Crippen molar-refractivity contribution in [3.63, 3.8) is 0 Å². The Labute approximate surface area is 103 Å². The van der Waals surface area contributed by atoms with E-state index in [0.717, 1.165) is 26.0 Å². The summed E-state index contributed by atoms with van der Waals surface area (Å²) < 4.78 is 5.44. The van der Waals surface area contributed by atoms with Crippen LogP contribution in [0.1, 0.15) is 32.3 Å². The molecule has 0 amide bonds. The zero-order chi connectivity index (χ0) is 12.5. The molecule has 1 aromatic heterocycles. The molecule has 0 radical (unpaired) electrons. The summed E-state index contributed by atoms with van der Waals surface area (Å²) in [6.07, 6.45) is 4.00. The number of ether oxygens (including phenoxy) is 1. The molecule has 0 saturated heterocycles. The molecule has 0 saturated carbocycles. The van der Waals surface area contributed by atoms with Gasteiger partial charge in [0.2, 0.25) is 0 Å². The van der Waals surface area contributed by atoms with Crippen LogP contribution in [0.25, 0.3) is 0 Å². The molecule has 4 nitrogen and oxygen atoms in total. The lowest BCUT2D eigenvalue weighted by Crippen LogP contribution is -2.08. The Balaban J connectivity index is 2.20. The largest absolute Gasteiger partial charge is 0.379 e. The first-order chi connectivity index (χ1) is 8.24. The van der Waals surface area contributed by atoms with Crippen LogP contribution in [-0.2, 0) is 4.74 Å². The first kappa shape index (κ1) is 13.5. The Hall–Kier alpha value is -1.60. The fraction of sp³-hybridized carbons (Fsp3) is 0.538. The van der Waals surface area contributed by atoms with Crippen LogP contribution in [-0.4, -0.2) is 24.2 Å². The number of unbranched alkanes of at least 4 members (excludes halogenated alkanes) is 1. The molecular weight excluding hydrogens is 214 g/mol. The fourth-order valence-electron chi connectivity index (χ4n) is 1.39. The summed E-state index contributed by atoms with van der Waals surface area (Å²) in [7, 11) is 0. The van der Waals surface area contributed by atoms with Crippen LogP contribution in [0.4, 0.5) is 5.82 Å². The molecule has 1 N–H and O–H groups in total. The second kappa shape index (κ2) is 7.64. The molecule has 0 unspecified atom stereocenters. The van der Waals surface area contributed by atoms with Crippen molar-refractivity contribution in [1.29, 1.82) is 5.26 Å². The number of pyridine rings is 1. The van der Waals surface area contributed by atoms with Crippen LogP contribution in [0.5, 0.6) is 0 Å². The monoisotopic (exact) mass is 233 g/mol. The highest BCUT2D eigenvalue weighted by Crippen LogP contribution is 2.09. The first-order valence-electron chi connectivity index (χ1n) is 5.94. The van der Waals surface area contributed by atoms with Crippen LogP contribution in [0.2, 0.25) is 0 Å². The Morgan fingerprint density at radius 1 is 1.47 bits per heavy atom. The lowest BCUT2D eigenvalue weighted by molar-refractivity contribution is 0.0765. The van der Waals surface area contributed by atoms with E-state index in [2.05, 4.69) is 16.4 Å². The van der Waals surface area contributed by atoms with Crippen molar-refractivity contribution in [2.75, 3.05) is 18.5 Å². The summed E-state index contributed by atoms with van der Waals surface area (Å²) >= 11 is 0. The van der Waals surface area contributed by atoms with Gasteiger partial charge in [0.15, 0.2) is 0 Å². The number of nitrogens with zero attached hydrogens (tertiary/aromatic N) is 2. The third kappa shape index (κ3) is 5.32. The third-order valence-corrected chi connectivity index (χ3v) is 2.24. The molecule has 1 aromatic rings. The normalized spacial score (nSPS) is 10.2. The molecular formula is C13H19N3O. The van der Waals surface area contributed by atoms with E-state index in [-0.39, 0.29) is 0 Å². The summed E-state index contributed by atoms with van der Waals surface area (Å²) in [5.41, 5.74) is 0.589. The number of anilines is 1. The molecule has 0 spiro atoms. The smallest absolute Gasteiger partial charge is 0.143 e. The predicted molar refractivity (Wildman–Crippen MR) is 67.8 cm³/mol. The van der Waals surface area contributed by atoms with E-state index in [4.69, 9.17) is 10.00 Å². The maximum absolute atomic E-state index is 8.87. The van der Waals surface area contributed by atoms with Gasteiger partial charge in [-0.05, 0) is 38.8 Å². The van der Waals surface area contributed by atoms with E-state index >= 15 is 0 Å². The molecule has 0 aliphatic heterocycles. The summed E-state index contributed by atoms with van der Waals surface area (Å²) in [5, 5.41) is 12.0. The minimum absolute atomic E-state index is 0.295. The van der Waals surface area contributed by atoms with E-state index in [9.17, 15) is 0 Å². The number of aromatic nitrogens is 1. The molecule has 0 atom stereocenters. The minimum Gasteiger partial charge on any atom is -0.379 e. The molecule has 0 aliphatic carbocycles. The van der Waals surface area contributed by atoms with Crippen molar-refractivity contribution in [3.05, 3.63) is 23.9 Å². The summed E-state index contributed by atoms with van der Waals surface area (Å²) in [4.78, 5) is 4.13. The zero-order valence-electron chi connectivity index (χ0n) is 10.4. The van der Waals surface area contributed by atoms with E-state index in [1.54, 1.807) is 18.3 Å². The van der Waals surface area contributed by atoms with Crippen LogP contribution >= 0.6 is 0 Å². The Kier molecular flexibility index (Phi) is 6.05. The number of nitriles is 1. The van der Waals surface area contributed by atoms with Crippen LogP contribution < -0.4 is 5.32 Å². The van der Waals surface area contributed by atoms with Gasteiger partial charge in [-0.2, -0.15) is 5.26 Å². The van der Waals surface area contributed by atoms with Gasteiger partial charge in [-0.15, -0.1) is 0 Å². The van der Waals surface area contributed by atoms with Crippen molar-refractivity contribution in [3.8, 4) is 6.07 Å². The molecule has 0 fully saturated rings. The Bertz CT molecular complexity index is 371. The van der Waals surface area contributed by atoms with Gasteiger partial charge in [0.05, 0.1) is 11.7 Å². The standard InChI is InChI=1S/C13H19N3O/c1-11(2)17-9-4-3-7-15-13-12(10-14)6-5-8-16-13/h5-6,8,11H,3-4,7,9H2,1-2H3,(H,15,16). The van der Waals surface area contributed by atoms with Gasteiger partial charge in [0, 0.05) is 19.3 Å². The highest BCUT2D eigenvalue weighted by molar-refractivity contribution is 5.50. The molecule has 92 valence electrons. The van der Waals surface area contributed by atoms with Gasteiger partial charge in [-0.25, -0.2) is 4.98 Å². The van der Waals surface area contributed by atoms with Gasteiger partial charge in [-0.1, -0.05) is 0 Å². The average Bonchev–Trinajstić information content (AvgIpc) is 2.33. The van der Waals surface area contributed by atoms with Gasteiger partial charge in [0.1, 0.15) is 11.9 Å². The second-order valence-corrected chi connectivity index (χ2v) is 4.06. The van der Waals surface area contributed by atoms with E-state index in [1.165, 1.54) is 0 Å². The number of hydrogen-bond donors (Lipinski definition) is 1. The quantitative estimate of drug-likeness (QED) is 0.735. The van der Waals surface area contributed by atoms with Crippen molar-refractivity contribution < 1.29 is 4.74 Å². The lowest BCUT2D eigenvalue weighted by Gasteiger charge is -2.08. The SMILES string of the molecule is CC(C)OCCCCNc1ncccc1C#N. The number of rotatable bonds is 7. The van der Waals surface area contributed by atoms with Crippen molar-refractivity contribution in [1.82, 2.24) is 4.98 Å². The van der Waals surface area contributed by atoms with Gasteiger partial charge >= 0.3 is 0 Å². The van der Waals surface area contributed by atoms with Gasteiger partial charge < -0.3 is 10.1 Å². The van der Waals surface area contributed by atoms with Crippen LogP contribution in [0.3, 0.4) is 0 Å². The zero-order valence-corrected chi connectivity index (χ0v) is 10.4. The van der Waals surface area contributed by atoms with Crippen molar-refractivity contribution >= 4 is 5.82 Å². The molecule has 0 aliphatic rings. The van der Waals surface area contributed by atoms with Crippen LogP contribution in [0, 0.1) is 11.3 Å². The summed E-state index contributed by atoms with van der Waals surface area (Å²) in [5.74, 6) is 0.666. The van der Waals surface area contributed by atoms with E-state index in [0.29, 0.717) is 17.5 Å². The minimum atomic E-state index is 0.295. The van der Waals surface area contributed by atoms with Gasteiger partial charge in [-0.3, -0.25) is 0 Å². The predicted octanol–water partition coefficient (Wildman–Crippen LogP) is 2.57. The first-order valence-corrected chi connectivity index (χ1v) is 5.94. The highest BCUT2D eigenvalue weighted by atomic mass is 16.5. The molecule has 0 aromatic carbocycles. The maximum atomic E-state index is 8.87.